The number of rotatable bonds is 2. The van der Waals surface area contributed by atoms with Crippen LogP contribution >= 0.6 is 0 Å². The fraction of sp³-hybridized carbons (Fsp3) is 0.0455. The van der Waals surface area contributed by atoms with Gasteiger partial charge in [0.05, 0.1) is 16.7 Å². The van der Waals surface area contributed by atoms with Gasteiger partial charge < -0.3 is 0 Å². The minimum absolute atomic E-state index is 0.658. The van der Waals surface area contributed by atoms with Crippen LogP contribution in [0.25, 0.3) is 39.4 Å². The second-order valence-electron chi connectivity index (χ2n) is 6.28. The molecule has 2 aromatic heterocycles. The molecule has 0 N–H and O–H groups in total. The van der Waals surface area contributed by atoms with Crippen molar-refractivity contribution >= 4 is 22.3 Å². The molecule has 0 bridgehead atoms. The lowest BCUT2D eigenvalue weighted by molar-refractivity contribution is 1.06. The van der Waals surface area contributed by atoms with E-state index in [9.17, 15) is 0 Å². The standard InChI is InChI=1S/C22H16N4/c1-15-9-5-8-14-19(15)26-21(16-10-3-2-4-11-16)25-20-22(26)24-18-13-7-6-12-17(18)23-20/h2-14H,1H3. The monoisotopic (exact) mass is 336 g/mol. The smallest absolute Gasteiger partial charge is 0.199 e. The number of benzene rings is 3. The summed E-state index contributed by atoms with van der Waals surface area (Å²) in [6.07, 6.45) is 0. The van der Waals surface area contributed by atoms with Crippen molar-refractivity contribution in [1.82, 2.24) is 19.5 Å². The predicted octanol–water partition coefficient (Wildman–Crippen LogP) is 4.94. The molecule has 0 atom stereocenters. The van der Waals surface area contributed by atoms with E-state index in [2.05, 4.69) is 35.8 Å². The van der Waals surface area contributed by atoms with Crippen LogP contribution in [0.5, 0.6) is 0 Å². The quantitative estimate of drug-likeness (QED) is 0.458. The van der Waals surface area contributed by atoms with Gasteiger partial charge in [-0.1, -0.05) is 60.7 Å². The highest BCUT2D eigenvalue weighted by Gasteiger charge is 2.18. The number of imidazole rings is 1. The molecule has 4 heteroatoms. The van der Waals surface area contributed by atoms with Gasteiger partial charge in [0.1, 0.15) is 5.82 Å². The maximum absolute atomic E-state index is 4.88. The van der Waals surface area contributed by atoms with Crippen molar-refractivity contribution in [2.75, 3.05) is 0 Å². The maximum atomic E-state index is 4.88. The highest BCUT2D eigenvalue weighted by atomic mass is 15.2. The van der Waals surface area contributed by atoms with E-state index in [1.165, 1.54) is 5.56 Å². The number of aryl methyl sites for hydroxylation is 1. The predicted molar refractivity (Wildman–Crippen MR) is 104 cm³/mol. The average Bonchev–Trinajstić information content (AvgIpc) is 3.05. The summed E-state index contributed by atoms with van der Waals surface area (Å²) in [5.41, 5.74) is 6.43. The Labute approximate surface area is 150 Å². The molecular weight excluding hydrogens is 320 g/mol. The van der Waals surface area contributed by atoms with E-state index in [1.807, 2.05) is 54.6 Å². The van der Waals surface area contributed by atoms with Gasteiger partial charge in [0.2, 0.25) is 0 Å². The fourth-order valence-electron chi connectivity index (χ4n) is 3.28. The number of hydrogen-bond acceptors (Lipinski definition) is 3. The van der Waals surface area contributed by atoms with Crippen molar-refractivity contribution in [3.8, 4) is 17.1 Å². The molecule has 0 amide bonds. The molecule has 26 heavy (non-hydrogen) atoms. The lowest BCUT2D eigenvalue weighted by Gasteiger charge is -2.11. The Morgan fingerprint density at radius 3 is 2.08 bits per heavy atom. The zero-order valence-electron chi connectivity index (χ0n) is 14.3. The van der Waals surface area contributed by atoms with Crippen molar-refractivity contribution in [3.63, 3.8) is 0 Å². The summed E-state index contributed by atoms with van der Waals surface area (Å²) >= 11 is 0. The Bertz CT molecular complexity index is 1240. The van der Waals surface area contributed by atoms with Crippen molar-refractivity contribution in [2.45, 2.75) is 6.92 Å². The lowest BCUT2D eigenvalue weighted by atomic mass is 10.1. The molecule has 0 aliphatic heterocycles. The lowest BCUT2D eigenvalue weighted by Crippen LogP contribution is -2.01. The van der Waals surface area contributed by atoms with Gasteiger partial charge in [-0.2, -0.15) is 0 Å². The van der Waals surface area contributed by atoms with E-state index >= 15 is 0 Å². The molecule has 0 aliphatic carbocycles. The van der Waals surface area contributed by atoms with E-state index in [0.717, 1.165) is 33.8 Å². The van der Waals surface area contributed by atoms with Gasteiger partial charge in [-0.15, -0.1) is 0 Å². The molecule has 5 aromatic rings. The van der Waals surface area contributed by atoms with Gasteiger partial charge in [-0.25, -0.2) is 15.0 Å². The van der Waals surface area contributed by atoms with Crippen LogP contribution in [0.1, 0.15) is 5.56 Å². The van der Waals surface area contributed by atoms with Gasteiger partial charge in [-0.3, -0.25) is 4.57 Å². The topological polar surface area (TPSA) is 43.6 Å². The van der Waals surface area contributed by atoms with Crippen molar-refractivity contribution in [2.24, 2.45) is 0 Å². The second-order valence-corrected chi connectivity index (χ2v) is 6.28. The Balaban J connectivity index is 1.92. The Morgan fingerprint density at radius 2 is 1.31 bits per heavy atom. The molecule has 3 aromatic carbocycles. The molecule has 124 valence electrons. The molecule has 2 heterocycles. The van der Waals surface area contributed by atoms with E-state index in [4.69, 9.17) is 15.0 Å². The third-order valence-corrected chi connectivity index (χ3v) is 4.56. The molecule has 4 nitrogen and oxygen atoms in total. The molecule has 0 spiro atoms. The third kappa shape index (κ3) is 2.27. The number of para-hydroxylation sites is 3. The normalized spacial score (nSPS) is 11.3. The number of nitrogens with zero attached hydrogens (tertiary/aromatic N) is 4. The number of fused-ring (bicyclic) bond motifs is 2. The average molecular weight is 336 g/mol. The van der Waals surface area contributed by atoms with Crippen molar-refractivity contribution < 1.29 is 0 Å². The third-order valence-electron chi connectivity index (χ3n) is 4.56. The maximum Gasteiger partial charge on any atom is 0.199 e. The first-order chi connectivity index (χ1) is 12.8. The van der Waals surface area contributed by atoms with Crippen molar-refractivity contribution in [1.29, 1.82) is 0 Å². The minimum Gasteiger partial charge on any atom is -0.275 e. The van der Waals surface area contributed by atoms with Gasteiger partial charge in [0.25, 0.3) is 0 Å². The van der Waals surface area contributed by atoms with E-state index in [-0.39, 0.29) is 0 Å². The minimum atomic E-state index is 0.658. The van der Waals surface area contributed by atoms with Crippen LogP contribution in [0.3, 0.4) is 0 Å². The Kier molecular flexibility index (Phi) is 3.28. The molecule has 0 unspecified atom stereocenters. The van der Waals surface area contributed by atoms with Crippen LogP contribution in [0.2, 0.25) is 0 Å². The van der Waals surface area contributed by atoms with Crippen LogP contribution < -0.4 is 0 Å². The fourth-order valence-corrected chi connectivity index (χ4v) is 3.28. The Hall–Kier alpha value is -3.53. The molecule has 0 aliphatic rings. The van der Waals surface area contributed by atoms with Gasteiger partial charge >= 0.3 is 0 Å². The van der Waals surface area contributed by atoms with Crippen LogP contribution in [0.15, 0.2) is 78.9 Å². The largest absolute Gasteiger partial charge is 0.275 e. The van der Waals surface area contributed by atoms with Crippen LogP contribution in [0.4, 0.5) is 0 Å². The van der Waals surface area contributed by atoms with E-state index in [0.29, 0.717) is 5.65 Å². The van der Waals surface area contributed by atoms with E-state index in [1.54, 1.807) is 0 Å². The second kappa shape index (κ2) is 5.77. The van der Waals surface area contributed by atoms with Crippen LogP contribution in [-0.2, 0) is 0 Å². The molecular formula is C22H16N4. The van der Waals surface area contributed by atoms with Gasteiger partial charge in [0, 0.05) is 5.56 Å². The summed E-state index contributed by atoms with van der Waals surface area (Å²) in [6, 6.07) is 26.4. The summed E-state index contributed by atoms with van der Waals surface area (Å²) in [7, 11) is 0. The van der Waals surface area contributed by atoms with Crippen LogP contribution in [0, 0.1) is 6.92 Å². The van der Waals surface area contributed by atoms with Gasteiger partial charge in [-0.05, 0) is 30.7 Å². The molecule has 5 rings (SSSR count). The molecule has 0 radical (unpaired) electrons. The zero-order valence-corrected chi connectivity index (χ0v) is 14.3. The summed E-state index contributed by atoms with van der Waals surface area (Å²) in [4.78, 5) is 14.5. The summed E-state index contributed by atoms with van der Waals surface area (Å²) in [6.45, 7) is 2.10. The first kappa shape index (κ1) is 14.8. The molecule has 0 saturated heterocycles. The first-order valence-corrected chi connectivity index (χ1v) is 8.58. The molecule has 0 fully saturated rings. The SMILES string of the molecule is Cc1ccccc1-n1c(-c2ccccc2)nc2nc3ccccc3nc21. The Morgan fingerprint density at radius 1 is 0.654 bits per heavy atom. The van der Waals surface area contributed by atoms with Gasteiger partial charge in [0.15, 0.2) is 11.3 Å². The van der Waals surface area contributed by atoms with E-state index < -0.39 is 0 Å². The number of hydrogen-bond donors (Lipinski definition) is 0. The van der Waals surface area contributed by atoms with Crippen molar-refractivity contribution in [3.05, 3.63) is 84.4 Å². The highest BCUT2D eigenvalue weighted by Crippen LogP contribution is 2.29. The first-order valence-electron chi connectivity index (χ1n) is 8.58. The van der Waals surface area contributed by atoms with Crippen LogP contribution in [-0.4, -0.2) is 19.5 Å². The summed E-state index contributed by atoms with van der Waals surface area (Å²) in [5, 5.41) is 0. The molecule has 0 saturated carbocycles. The summed E-state index contributed by atoms with van der Waals surface area (Å²) in [5.74, 6) is 0.852. The number of aromatic nitrogens is 4. The highest BCUT2D eigenvalue weighted by molar-refractivity contribution is 5.86. The summed E-state index contributed by atoms with van der Waals surface area (Å²) < 4.78 is 2.11. The zero-order chi connectivity index (χ0) is 17.5.